The molecule has 1 aromatic carbocycles. The van der Waals surface area contributed by atoms with Crippen LogP contribution in [0, 0.1) is 13.8 Å². The van der Waals surface area contributed by atoms with Crippen LogP contribution in [0.15, 0.2) is 41.1 Å². The van der Waals surface area contributed by atoms with Gasteiger partial charge >= 0.3 is 0 Å². The average molecular weight is 224 g/mol. The Balaban J connectivity index is 2.37. The molecule has 0 aliphatic rings. The summed E-state index contributed by atoms with van der Waals surface area (Å²) in [4.78, 5) is 8.55. The first-order valence-electron chi connectivity index (χ1n) is 5.53. The van der Waals surface area contributed by atoms with E-state index in [1.54, 1.807) is 6.33 Å². The van der Waals surface area contributed by atoms with E-state index in [0.29, 0.717) is 5.71 Å². The molecule has 3 heteroatoms. The Kier molecular flexibility index (Phi) is 2.18. The second-order valence-electron chi connectivity index (χ2n) is 4.05. The van der Waals surface area contributed by atoms with Crippen molar-refractivity contribution in [2.24, 2.45) is 0 Å². The highest BCUT2D eigenvalue weighted by Crippen LogP contribution is 2.30. The maximum absolute atomic E-state index is 5.61. The maximum atomic E-state index is 5.61. The predicted octanol–water partition coefficient (Wildman–Crippen LogP) is 3.51. The zero-order valence-electron chi connectivity index (χ0n) is 9.77. The van der Waals surface area contributed by atoms with Crippen molar-refractivity contribution in [3.63, 3.8) is 0 Å². The van der Waals surface area contributed by atoms with Gasteiger partial charge in [0.15, 0.2) is 0 Å². The van der Waals surface area contributed by atoms with E-state index in [4.69, 9.17) is 4.42 Å². The highest BCUT2D eigenvalue weighted by Gasteiger charge is 2.14. The zero-order chi connectivity index (χ0) is 11.8. The molecule has 0 N–H and O–H groups in total. The average Bonchev–Trinajstić information content (AvgIpc) is 2.66. The molecule has 0 radical (unpaired) electrons. The predicted molar refractivity (Wildman–Crippen MR) is 66.7 cm³/mol. The second-order valence-corrected chi connectivity index (χ2v) is 4.05. The second kappa shape index (κ2) is 3.70. The smallest absolute Gasteiger partial charge is 0.230 e. The first-order chi connectivity index (χ1) is 8.27. The summed E-state index contributed by atoms with van der Waals surface area (Å²) in [6.07, 6.45) is 1.55. The molecule has 3 nitrogen and oxygen atoms in total. The summed E-state index contributed by atoms with van der Waals surface area (Å²) in [5.41, 5.74) is 3.79. The first-order valence-corrected chi connectivity index (χ1v) is 5.53. The summed E-state index contributed by atoms with van der Waals surface area (Å²) in [5.74, 6) is 0.901. The van der Waals surface area contributed by atoms with Crippen LogP contribution >= 0.6 is 0 Å². The van der Waals surface area contributed by atoms with Gasteiger partial charge in [0, 0.05) is 11.1 Å². The van der Waals surface area contributed by atoms with Gasteiger partial charge < -0.3 is 4.42 Å². The number of benzene rings is 1. The van der Waals surface area contributed by atoms with Crippen molar-refractivity contribution in [3.05, 3.63) is 48.0 Å². The van der Waals surface area contributed by atoms with E-state index < -0.39 is 0 Å². The molecule has 0 amide bonds. The molecule has 3 rings (SSSR count). The molecular formula is C14H12N2O. The molecule has 2 heterocycles. The van der Waals surface area contributed by atoms with Crippen LogP contribution in [0.2, 0.25) is 0 Å². The molecule has 2 aromatic heterocycles. The minimum Gasteiger partial charge on any atom is -0.443 e. The van der Waals surface area contributed by atoms with Crippen molar-refractivity contribution < 1.29 is 4.42 Å². The Morgan fingerprint density at radius 1 is 1.00 bits per heavy atom. The third kappa shape index (κ3) is 1.51. The van der Waals surface area contributed by atoms with Crippen molar-refractivity contribution in [2.45, 2.75) is 13.8 Å². The van der Waals surface area contributed by atoms with E-state index in [1.807, 2.05) is 44.2 Å². The lowest BCUT2D eigenvalue weighted by molar-refractivity contribution is 0.564. The van der Waals surface area contributed by atoms with Gasteiger partial charge in [-0.2, -0.15) is 0 Å². The maximum Gasteiger partial charge on any atom is 0.230 e. The van der Waals surface area contributed by atoms with Gasteiger partial charge in [-0.1, -0.05) is 30.3 Å². The molecule has 0 aliphatic carbocycles. The van der Waals surface area contributed by atoms with E-state index in [2.05, 4.69) is 9.97 Å². The van der Waals surface area contributed by atoms with Crippen LogP contribution in [0.3, 0.4) is 0 Å². The van der Waals surface area contributed by atoms with Crippen molar-refractivity contribution >= 4 is 11.1 Å². The molecule has 0 spiro atoms. The molecule has 0 saturated heterocycles. The SMILES string of the molecule is Cc1oc2ncnc(-c3ccccc3)c2c1C. The number of rotatable bonds is 1. The van der Waals surface area contributed by atoms with Gasteiger partial charge in [-0.3, -0.25) is 0 Å². The number of nitrogens with zero attached hydrogens (tertiary/aromatic N) is 2. The van der Waals surface area contributed by atoms with E-state index in [0.717, 1.165) is 28.0 Å². The fraction of sp³-hybridized carbons (Fsp3) is 0.143. The minimum absolute atomic E-state index is 0.661. The summed E-state index contributed by atoms with van der Waals surface area (Å²) in [6, 6.07) is 10.1. The van der Waals surface area contributed by atoms with Gasteiger partial charge in [0.1, 0.15) is 12.1 Å². The summed E-state index contributed by atoms with van der Waals surface area (Å²) >= 11 is 0. The third-order valence-corrected chi connectivity index (χ3v) is 3.01. The Labute approximate surface area is 99.1 Å². The molecule has 0 fully saturated rings. The van der Waals surface area contributed by atoms with Crippen LogP contribution in [0.25, 0.3) is 22.4 Å². The number of furan rings is 1. The first kappa shape index (κ1) is 10.0. The van der Waals surface area contributed by atoms with Crippen molar-refractivity contribution in [1.29, 1.82) is 0 Å². The van der Waals surface area contributed by atoms with Crippen LogP contribution in [0.4, 0.5) is 0 Å². The fourth-order valence-electron chi connectivity index (χ4n) is 2.00. The van der Waals surface area contributed by atoms with E-state index in [9.17, 15) is 0 Å². The number of fused-ring (bicyclic) bond motifs is 1. The number of hydrogen-bond acceptors (Lipinski definition) is 3. The highest BCUT2D eigenvalue weighted by molar-refractivity contribution is 5.92. The summed E-state index contributed by atoms with van der Waals surface area (Å²) in [7, 11) is 0. The van der Waals surface area contributed by atoms with E-state index >= 15 is 0 Å². The molecule has 0 bridgehead atoms. The van der Waals surface area contributed by atoms with E-state index in [-0.39, 0.29) is 0 Å². The van der Waals surface area contributed by atoms with Crippen molar-refractivity contribution in [3.8, 4) is 11.3 Å². The lowest BCUT2D eigenvalue weighted by Crippen LogP contribution is -1.87. The van der Waals surface area contributed by atoms with Crippen molar-refractivity contribution in [1.82, 2.24) is 9.97 Å². The molecule has 84 valence electrons. The molecule has 17 heavy (non-hydrogen) atoms. The standard InChI is InChI=1S/C14H12N2O/c1-9-10(2)17-14-12(9)13(15-8-16-14)11-6-4-3-5-7-11/h3-8H,1-2H3. The Bertz CT molecular complexity index is 671. The van der Waals surface area contributed by atoms with Crippen LogP contribution in [0.5, 0.6) is 0 Å². The largest absolute Gasteiger partial charge is 0.443 e. The highest BCUT2D eigenvalue weighted by atomic mass is 16.3. The van der Waals surface area contributed by atoms with Crippen LogP contribution < -0.4 is 0 Å². The molecular weight excluding hydrogens is 212 g/mol. The monoisotopic (exact) mass is 224 g/mol. The quantitative estimate of drug-likeness (QED) is 0.635. The zero-order valence-corrected chi connectivity index (χ0v) is 9.77. The van der Waals surface area contributed by atoms with Gasteiger partial charge in [-0.15, -0.1) is 0 Å². The number of hydrogen-bond donors (Lipinski definition) is 0. The summed E-state index contributed by atoms with van der Waals surface area (Å²) in [6.45, 7) is 3.99. The van der Waals surface area contributed by atoms with Crippen LogP contribution in [0.1, 0.15) is 11.3 Å². The lowest BCUT2D eigenvalue weighted by atomic mass is 10.1. The van der Waals surface area contributed by atoms with E-state index in [1.165, 1.54) is 0 Å². The van der Waals surface area contributed by atoms with Crippen LogP contribution in [-0.4, -0.2) is 9.97 Å². The summed E-state index contributed by atoms with van der Waals surface area (Å²) in [5, 5.41) is 1.01. The third-order valence-electron chi connectivity index (χ3n) is 3.01. The fourth-order valence-corrected chi connectivity index (χ4v) is 2.00. The molecule has 0 unspecified atom stereocenters. The molecule has 0 aliphatic heterocycles. The normalized spacial score (nSPS) is 10.9. The topological polar surface area (TPSA) is 38.9 Å². The van der Waals surface area contributed by atoms with Crippen LogP contribution in [-0.2, 0) is 0 Å². The molecule has 0 atom stereocenters. The lowest BCUT2D eigenvalue weighted by Gasteiger charge is -2.01. The Morgan fingerprint density at radius 3 is 2.53 bits per heavy atom. The van der Waals surface area contributed by atoms with Gasteiger partial charge in [0.2, 0.25) is 5.71 Å². The minimum atomic E-state index is 0.661. The van der Waals surface area contributed by atoms with Gasteiger partial charge in [-0.05, 0) is 13.8 Å². The van der Waals surface area contributed by atoms with Crippen molar-refractivity contribution in [2.75, 3.05) is 0 Å². The molecule has 0 saturated carbocycles. The Morgan fingerprint density at radius 2 is 1.76 bits per heavy atom. The van der Waals surface area contributed by atoms with Gasteiger partial charge in [0.25, 0.3) is 0 Å². The van der Waals surface area contributed by atoms with Gasteiger partial charge in [-0.25, -0.2) is 9.97 Å². The number of aryl methyl sites for hydroxylation is 2. The van der Waals surface area contributed by atoms with Gasteiger partial charge in [0.05, 0.1) is 11.1 Å². The summed E-state index contributed by atoms with van der Waals surface area (Å²) < 4.78 is 5.61. The number of aromatic nitrogens is 2. The molecule has 3 aromatic rings. The Hall–Kier alpha value is -2.16.